The van der Waals surface area contributed by atoms with Gasteiger partial charge >= 0.3 is 5.69 Å². The van der Waals surface area contributed by atoms with Crippen LogP contribution in [0, 0.1) is 21.8 Å². The molecule has 2 aromatic rings. The minimum absolute atomic E-state index is 0.173. The molecule has 1 heterocycles. The molecule has 0 aliphatic heterocycles. The van der Waals surface area contributed by atoms with Crippen LogP contribution in [-0.2, 0) is 11.3 Å². The molecular formula is C13H12BrFN4O3. The number of amides is 1. The maximum absolute atomic E-state index is 13.2. The molecule has 116 valence electrons. The summed E-state index contributed by atoms with van der Waals surface area (Å²) in [4.78, 5) is 21.9. The van der Waals surface area contributed by atoms with Gasteiger partial charge < -0.3 is 5.32 Å². The summed E-state index contributed by atoms with van der Waals surface area (Å²) in [6.45, 7) is 2.05. The van der Waals surface area contributed by atoms with E-state index in [2.05, 4.69) is 26.3 Å². The van der Waals surface area contributed by atoms with Gasteiger partial charge in [-0.3, -0.25) is 19.6 Å². The number of halogens is 2. The maximum atomic E-state index is 13.2. The highest BCUT2D eigenvalue weighted by Gasteiger charge is 2.18. The third-order valence-corrected chi connectivity index (χ3v) is 3.33. The van der Waals surface area contributed by atoms with Gasteiger partial charge in [-0.2, -0.15) is 9.49 Å². The van der Waals surface area contributed by atoms with E-state index in [1.54, 1.807) is 24.0 Å². The smallest absolute Gasteiger partial charge is 0.306 e. The Balaban J connectivity index is 2.05. The Bertz CT molecular complexity index is 719. The first kappa shape index (κ1) is 16.1. The van der Waals surface area contributed by atoms with Crippen LogP contribution in [0.5, 0.6) is 0 Å². The SMILES string of the molecule is CC(Cn1cc(Br)cn1)C(=O)Nc1ccc(F)c([N+](=O)[O-])c1. The van der Waals surface area contributed by atoms with Crippen LogP contribution in [0.4, 0.5) is 15.8 Å². The van der Waals surface area contributed by atoms with E-state index in [1.807, 2.05) is 0 Å². The molecule has 1 atom stereocenters. The van der Waals surface area contributed by atoms with Gasteiger partial charge in [0.05, 0.1) is 28.1 Å². The number of rotatable bonds is 5. The van der Waals surface area contributed by atoms with E-state index in [9.17, 15) is 19.3 Å². The highest BCUT2D eigenvalue weighted by molar-refractivity contribution is 9.10. The molecule has 0 aliphatic rings. The van der Waals surface area contributed by atoms with Gasteiger partial charge in [-0.15, -0.1) is 0 Å². The normalized spacial score (nSPS) is 12.0. The van der Waals surface area contributed by atoms with E-state index in [-0.39, 0.29) is 11.6 Å². The van der Waals surface area contributed by atoms with Gasteiger partial charge in [0.2, 0.25) is 11.7 Å². The zero-order valence-electron chi connectivity index (χ0n) is 11.5. The molecule has 0 aliphatic carbocycles. The van der Waals surface area contributed by atoms with Crippen molar-refractivity contribution in [2.75, 3.05) is 5.32 Å². The molecule has 0 fully saturated rings. The Kier molecular flexibility index (Phi) is 4.86. The number of nitrogens with zero attached hydrogens (tertiary/aromatic N) is 3. The molecule has 0 bridgehead atoms. The fraction of sp³-hybridized carbons (Fsp3) is 0.231. The Morgan fingerprint density at radius 2 is 2.32 bits per heavy atom. The second kappa shape index (κ2) is 6.65. The molecule has 7 nitrogen and oxygen atoms in total. The van der Waals surface area contributed by atoms with Gasteiger partial charge in [0.25, 0.3) is 0 Å². The fourth-order valence-electron chi connectivity index (χ4n) is 1.80. The van der Waals surface area contributed by atoms with Crippen LogP contribution in [0.3, 0.4) is 0 Å². The van der Waals surface area contributed by atoms with Crippen LogP contribution in [0.1, 0.15) is 6.92 Å². The minimum Gasteiger partial charge on any atom is -0.326 e. The lowest BCUT2D eigenvalue weighted by molar-refractivity contribution is -0.387. The molecule has 0 saturated heterocycles. The second-order valence-corrected chi connectivity index (χ2v) is 5.61. The largest absolute Gasteiger partial charge is 0.326 e. The van der Waals surface area contributed by atoms with Crippen molar-refractivity contribution in [1.82, 2.24) is 9.78 Å². The standard InChI is InChI=1S/C13H12BrFN4O3/c1-8(6-18-7-9(14)5-16-18)13(20)17-10-2-3-11(15)12(4-10)19(21)22/h2-5,7-8H,6H2,1H3,(H,17,20). The third kappa shape index (κ3) is 3.88. The number of carbonyl (C=O) groups is 1. The molecule has 1 aromatic heterocycles. The number of hydrogen-bond acceptors (Lipinski definition) is 4. The Morgan fingerprint density at radius 1 is 1.59 bits per heavy atom. The first-order chi connectivity index (χ1) is 10.4. The molecule has 0 saturated carbocycles. The lowest BCUT2D eigenvalue weighted by Gasteiger charge is -2.12. The summed E-state index contributed by atoms with van der Waals surface area (Å²) >= 11 is 3.26. The summed E-state index contributed by atoms with van der Waals surface area (Å²) < 4.78 is 15.6. The molecule has 1 amide bonds. The van der Waals surface area contributed by atoms with Crippen molar-refractivity contribution in [2.45, 2.75) is 13.5 Å². The van der Waals surface area contributed by atoms with Gasteiger partial charge in [0.15, 0.2) is 0 Å². The first-order valence-corrected chi connectivity index (χ1v) is 7.09. The average Bonchev–Trinajstić information content (AvgIpc) is 2.85. The summed E-state index contributed by atoms with van der Waals surface area (Å²) in [5.74, 6) is -1.71. The average molecular weight is 371 g/mol. The molecule has 0 radical (unpaired) electrons. The molecule has 2 rings (SSSR count). The Morgan fingerprint density at radius 3 is 2.91 bits per heavy atom. The number of nitro benzene ring substituents is 1. The quantitative estimate of drug-likeness (QED) is 0.646. The topological polar surface area (TPSA) is 90.1 Å². The van der Waals surface area contributed by atoms with Crippen LogP contribution in [-0.4, -0.2) is 20.6 Å². The molecule has 1 aromatic carbocycles. The van der Waals surface area contributed by atoms with Crippen molar-refractivity contribution in [2.24, 2.45) is 5.92 Å². The van der Waals surface area contributed by atoms with Crippen molar-refractivity contribution in [1.29, 1.82) is 0 Å². The lowest BCUT2D eigenvalue weighted by Crippen LogP contribution is -2.24. The highest BCUT2D eigenvalue weighted by Crippen LogP contribution is 2.22. The third-order valence-electron chi connectivity index (χ3n) is 2.92. The van der Waals surface area contributed by atoms with Crippen LogP contribution in [0.2, 0.25) is 0 Å². The lowest BCUT2D eigenvalue weighted by atomic mass is 10.1. The highest BCUT2D eigenvalue weighted by atomic mass is 79.9. The molecule has 1 unspecified atom stereocenters. The summed E-state index contributed by atoms with van der Waals surface area (Å²) in [5, 5.41) is 17.2. The first-order valence-electron chi connectivity index (χ1n) is 6.29. The van der Waals surface area contributed by atoms with Crippen molar-refractivity contribution in [3.05, 3.63) is 51.0 Å². The van der Waals surface area contributed by atoms with Gasteiger partial charge in [0, 0.05) is 18.0 Å². The monoisotopic (exact) mass is 370 g/mol. The van der Waals surface area contributed by atoms with E-state index in [0.29, 0.717) is 6.54 Å². The fourth-order valence-corrected chi connectivity index (χ4v) is 2.13. The maximum Gasteiger partial charge on any atom is 0.306 e. The van der Waals surface area contributed by atoms with E-state index in [1.165, 1.54) is 6.07 Å². The van der Waals surface area contributed by atoms with Crippen molar-refractivity contribution < 1.29 is 14.1 Å². The number of aromatic nitrogens is 2. The van der Waals surface area contributed by atoms with E-state index in [0.717, 1.165) is 16.6 Å². The van der Waals surface area contributed by atoms with Crippen molar-refractivity contribution >= 4 is 33.2 Å². The molecule has 9 heteroatoms. The summed E-state index contributed by atoms with van der Waals surface area (Å²) in [7, 11) is 0. The number of nitrogens with one attached hydrogen (secondary N) is 1. The van der Waals surface area contributed by atoms with Crippen molar-refractivity contribution in [3.63, 3.8) is 0 Å². The van der Waals surface area contributed by atoms with E-state index in [4.69, 9.17) is 0 Å². The zero-order chi connectivity index (χ0) is 16.3. The Hall–Kier alpha value is -2.29. The van der Waals surface area contributed by atoms with Gasteiger partial charge in [-0.1, -0.05) is 6.92 Å². The predicted molar refractivity (Wildman–Crippen MR) is 80.8 cm³/mol. The molecular weight excluding hydrogens is 359 g/mol. The van der Waals surface area contributed by atoms with E-state index >= 15 is 0 Å². The Labute approximate surface area is 133 Å². The summed E-state index contributed by atoms with van der Waals surface area (Å²) in [6.07, 6.45) is 3.33. The zero-order valence-corrected chi connectivity index (χ0v) is 13.1. The van der Waals surface area contributed by atoms with Crippen LogP contribution in [0.25, 0.3) is 0 Å². The molecule has 0 spiro atoms. The number of anilines is 1. The minimum atomic E-state index is -0.947. The number of benzene rings is 1. The molecule has 1 N–H and O–H groups in total. The molecule has 22 heavy (non-hydrogen) atoms. The van der Waals surface area contributed by atoms with E-state index < -0.39 is 22.3 Å². The number of hydrogen-bond donors (Lipinski definition) is 1. The van der Waals surface area contributed by atoms with Gasteiger partial charge in [-0.05, 0) is 28.1 Å². The van der Waals surface area contributed by atoms with Crippen LogP contribution >= 0.6 is 15.9 Å². The van der Waals surface area contributed by atoms with Crippen LogP contribution in [0.15, 0.2) is 35.1 Å². The van der Waals surface area contributed by atoms with Gasteiger partial charge in [0.1, 0.15) is 0 Å². The van der Waals surface area contributed by atoms with Gasteiger partial charge in [-0.25, -0.2) is 0 Å². The summed E-state index contributed by atoms with van der Waals surface area (Å²) in [5.41, 5.74) is -0.506. The van der Waals surface area contributed by atoms with Crippen molar-refractivity contribution in [3.8, 4) is 0 Å². The second-order valence-electron chi connectivity index (χ2n) is 4.69. The van der Waals surface area contributed by atoms with Crippen LogP contribution < -0.4 is 5.32 Å². The number of carbonyl (C=O) groups excluding carboxylic acids is 1. The summed E-state index contributed by atoms with van der Waals surface area (Å²) in [6, 6.07) is 3.21. The predicted octanol–water partition coefficient (Wildman–Crippen LogP) is 2.97. The number of nitro groups is 1.